The van der Waals surface area contributed by atoms with Gasteiger partial charge in [-0.15, -0.1) is 11.3 Å². The van der Waals surface area contributed by atoms with E-state index in [1.54, 1.807) is 11.3 Å². The highest BCUT2D eigenvalue weighted by Gasteiger charge is 2.20. The maximum Gasteiger partial charge on any atom is 0.321 e. The molecule has 6 nitrogen and oxygen atoms in total. The van der Waals surface area contributed by atoms with E-state index in [2.05, 4.69) is 45.6 Å². The zero-order chi connectivity index (χ0) is 19.1. The lowest BCUT2D eigenvalue weighted by atomic mass is 10.1. The first kappa shape index (κ1) is 19.4. The summed E-state index contributed by atoms with van der Waals surface area (Å²) in [5.74, 6) is -0.257. The standard InChI is InChI=1S/C20H26N4O2S/c1-16-5-2-3-7-18(16)24-12-10-23(11-13-24)15-19(25)22-20(26)21-9-8-17-6-4-14-27-17/h2-7,14H,8-13,15H2,1H3,(H2,21,22,25,26). The Morgan fingerprint density at radius 3 is 2.56 bits per heavy atom. The number of carbonyl (C=O) groups excluding carboxylic acids is 2. The van der Waals surface area contributed by atoms with Crippen LogP contribution in [0.3, 0.4) is 0 Å². The molecule has 1 saturated heterocycles. The molecule has 2 aromatic rings. The van der Waals surface area contributed by atoms with Crippen molar-refractivity contribution in [3.8, 4) is 0 Å². The molecule has 0 radical (unpaired) electrons. The summed E-state index contributed by atoms with van der Waals surface area (Å²) in [7, 11) is 0. The van der Waals surface area contributed by atoms with Crippen LogP contribution in [-0.4, -0.2) is 56.1 Å². The molecule has 0 aliphatic carbocycles. The van der Waals surface area contributed by atoms with Gasteiger partial charge in [-0.1, -0.05) is 24.3 Å². The van der Waals surface area contributed by atoms with Crippen molar-refractivity contribution >= 4 is 29.0 Å². The summed E-state index contributed by atoms with van der Waals surface area (Å²) < 4.78 is 0. The lowest BCUT2D eigenvalue weighted by Gasteiger charge is -2.36. The van der Waals surface area contributed by atoms with Crippen LogP contribution in [0.5, 0.6) is 0 Å². The van der Waals surface area contributed by atoms with Crippen LogP contribution in [0.15, 0.2) is 41.8 Å². The summed E-state index contributed by atoms with van der Waals surface area (Å²) in [6.07, 6.45) is 0.778. The molecule has 0 atom stereocenters. The third kappa shape index (κ3) is 5.80. The zero-order valence-electron chi connectivity index (χ0n) is 15.6. The fourth-order valence-corrected chi connectivity index (χ4v) is 3.94. The van der Waals surface area contributed by atoms with E-state index in [1.165, 1.54) is 16.1 Å². The van der Waals surface area contributed by atoms with E-state index in [4.69, 9.17) is 0 Å². The maximum atomic E-state index is 12.1. The lowest BCUT2D eigenvalue weighted by Crippen LogP contribution is -2.51. The van der Waals surface area contributed by atoms with Crippen molar-refractivity contribution in [2.45, 2.75) is 13.3 Å². The van der Waals surface area contributed by atoms with Crippen molar-refractivity contribution < 1.29 is 9.59 Å². The Bertz CT molecular complexity index is 755. The number of nitrogens with zero attached hydrogens (tertiary/aromatic N) is 2. The van der Waals surface area contributed by atoms with Crippen molar-refractivity contribution in [1.29, 1.82) is 0 Å². The number of imide groups is 1. The highest BCUT2D eigenvalue weighted by atomic mass is 32.1. The number of para-hydroxylation sites is 1. The van der Waals surface area contributed by atoms with Gasteiger partial charge in [0, 0.05) is 43.3 Å². The van der Waals surface area contributed by atoms with Crippen molar-refractivity contribution in [2.75, 3.05) is 44.2 Å². The lowest BCUT2D eigenvalue weighted by molar-refractivity contribution is -0.121. The van der Waals surface area contributed by atoms with Crippen molar-refractivity contribution in [1.82, 2.24) is 15.5 Å². The minimum atomic E-state index is -0.421. The van der Waals surface area contributed by atoms with E-state index < -0.39 is 6.03 Å². The van der Waals surface area contributed by atoms with Gasteiger partial charge in [0.2, 0.25) is 5.91 Å². The number of hydrogen-bond donors (Lipinski definition) is 2. The molecule has 144 valence electrons. The molecule has 2 heterocycles. The molecule has 1 aromatic carbocycles. The zero-order valence-corrected chi connectivity index (χ0v) is 16.4. The molecule has 3 rings (SSSR count). The minimum Gasteiger partial charge on any atom is -0.369 e. The highest BCUT2D eigenvalue weighted by Crippen LogP contribution is 2.20. The predicted molar refractivity (Wildman–Crippen MR) is 109 cm³/mol. The van der Waals surface area contributed by atoms with Gasteiger partial charge in [-0.3, -0.25) is 15.0 Å². The second-order valence-corrected chi connectivity index (χ2v) is 7.72. The van der Waals surface area contributed by atoms with E-state index >= 15 is 0 Å². The Morgan fingerprint density at radius 2 is 1.85 bits per heavy atom. The monoisotopic (exact) mass is 386 g/mol. The van der Waals surface area contributed by atoms with Crippen LogP contribution in [-0.2, 0) is 11.2 Å². The molecule has 1 aliphatic rings. The number of hydrogen-bond acceptors (Lipinski definition) is 5. The third-order valence-corrected chi connectivity index (χ3v) is 5.62. The average molecular weight is 387 g/mol. The molecular weight excluding hydrogens is 360 g/mol. The SMILES string of the molecule is Cc1ccccc1N1CCN(CC(=O)NC(=O)NCCc2cccs2)CC1. The minimum absolute atomic E-state index is 0.250. The molecule has 1 aromatic heterocycles. The first-order valence-corrected chi connectivity index (χ1v) is 10.1. The Hall–Kier alpha value is -2.38. The van der Waals surface area contributed by atoms with Gasteiger partial charge in [0.05, 0.1) is 6.54 Å². The van der Waals surface area contributed by atoms with Gasteiger partial charge in [-0.2, -0.15) is 0 Å². The van der Waals surface area contributed by atoms with Crippen LogP contribution in [0.1, 0.15) is 10.4 Å². The van der Waals surface area contributed by atoms with Crippen molar-refractivity contribution in [3.63, 3.8) is 0 Å². The summed E-state index contributed by atoms with van der Waals surface area (Å²) in [6.45, 7) is 6.26. The van der Waals surface area contributed by atoms with Gasteiger partial charge in [-0.25, -0.2) is 4.79 Å². The van der Waals surface area contributed by atoms with E-state index in [0.29, 0.717) is 6.54 Å². The van der Waals surface area contributed by atoms with Crippen molar-refractivity contribution in [2.24, 2.45) is 0 Å². The molecule has 7 heteroatoms. The molecule has 1 fully saturated rings. The molecular formula is C20H26N4O2S. The summed E-state index contributed by atoms with van der Waals surface area (Å²) in [5.41, 5.74) is 2.52. The van der Waals surface area contributed by atoms with Gasteiger partial charge in [-0.05, 0) is 36.4 Å². The van der Waals surface area contributed by atoms with Crippen LogP contribution >= 0.6 is 11.3 Å². The third-order valence-electron chi connectivity index (χ3n) is 4.69. The molecule has 1 aliphatic heterocycles. The number of piperazine rings is 1. The fraction of sp³-hybridized carbons (Fsp3) is 0.400. The summed E-state index contributed by atoms with van der Waals surface area (Å²) in [6, 6.07) is 12.0. The van der Waals surface area contributed by atoms with E-state index in [1.807, 2.05) is 23.6 Å². The van der Waals surface area contributed by atoms with Gasteiger partial charge < -0.3 is 10.2 Å². The van der Waals surface area contributed by atoms with Gasteiger partial charge in [0.1, 0.15) is 0 Å². The number of urea groups is 1. The number of amides is 3. The fourth-order valence-electron chi connectivity index (χ4n) is 3.23. The summed E-state index contributed by atoms with van der Waals surface area (Å²) in [5, 5.41) is 7.16. The number of carbonyl (C=O) groups is 2. The quantitative estimate of drug-likeness (QED) is 0.799. The number of thiophene rings is 1. The van der Waals surface area contributed by atoms with Crippen LogP contribution in [0.2, 0.25) is 0 Å². The molecule has 0 bridgehead atoms. The molecule has 0 unspecified atom stereocenters. The van der Waals surface area contributed by atoms with Crippen LogP contribution < -0.4 is 15.5 Å². The number of benzene rings is 1. The first-order valence-electron chi connectivity index (χ1n) is 9.25. The van der Waals surface area contributed by atoms with Gasteiger partial charge >= 0.3 is 6.03 Å². The molecule has 0 spiro atoms. The first-order chi connectivity index (χ1) is 13.1. The maximum absolute atomic E-state index is 12.1. The van der Waals surface area contributed by atoms with E-state index in [0.717, 1.165) is 32.6 Å². The molecule has 0 saturated carbocycles. The number of rotatable bonds is 6. The Labute approximate surface area is 164 Å². The molecule has 3 amide bonds. The second kappa shape index (κ2) is 9.53. The van der Waals surface area contributed by atoms with Crippen molar-refractivity contribution in [3.05, 3.63) is 52.2 Å². The molecule has 2 N–H and O–H groups in total. The predicted octanol–water partition coefficient (Wildman–Crippen LogP) is 2.25. The number of anilines is 1. The Morgan fingerprint density at radius 1 is 1.07 bits per heavy atom. The van der Waals surface area contributed by atoms with Crippen LogP contribution in [0, 0.1) is 6.92 Å². The normalized spacial score (nSPS) is 14.8. The topological polar surface area (TPSA) is 64.7 Å². The Kier molecular flexibility index (Phi) is 6.84. The number of aryl methyl sites for hydroxylation is 1. The Balaban J connectivity index is 1.35. The smallest absolute Gasteiger partial charge is 0.321 e. The average Bonchev–Trinajstić information content (AvgIpc) is 3.16. The van der Waals surface area contributed by atoms with Crippen LogP contribution in [0.4, 0.5) is 10.5 Å². The second-order valence-electron chi connectivity index (χ2n) is 6.68. The van der Waals surface area contributed by atoms with E-state index in [-0.39, 0.29) is 12.5 Å². The highest BCUT2D eigenvalue weighted by molar-refractivity contribution is 7.09. The van der Waals surface area contributed by atoms with E-state index in [9.17, 15) is 9.59 Å². The largest absolute Gasteiger partial charge is 0.369 e. The van der Waals surface area contributed by atoms with Gasteiger partial charge in [0.25, 0.3) is 0 Å². The van der Waals surface area contributed by atoms with Gasteiger partial charge in [0.15, 0.2) is 0 Å². The molecule has 27 heavy (non-hydrogen) atoms. The van der Waals surface area contributed by atoms with Crippen LogP contribution in [0.25, 0.3) is 0 Å². The number of nitrogens with one attached hydrogen (secondary N) is 2. The summed E-state index contributed by atoms with van der Waals surface area (Å²) >= 11 is 1.66. The summed E-state index contributed by atoms with van der Waals surface area (Å²) in [4.78, 5) is 29.6.